The van der Waals surface area contributed by atoms with Crippen LogP contribution in [-0.4, -0.2) is 0 Å². The molecule has 0 unspecified atom stereocenters. The molecule has 39 heavy (non-hydrogen) atoms. The highest BCUT2D eigenvalue weighted by Crippen LogP contribution is 2.48. The van der Waals surface area contributed by atoms with E-state index in [0.29, 0.717) is 17.1 Å². The molecule has 2 nitrogen and oxygen atoms in total. The Labute approximate surface area is 233 Å². The third kappa shape index (κ3) is 4.70. The number of halogens is 4. The lowest BCUT2D eigenvalue weighted by molar-refractivity contribution is -0.137. The van der Waals surface area contributed by atoms with Gasteiger partial charge in [-0.1, -0.05) is 64.5 Å². The van der Waals surface area contributed by atoms with Crippen LogP contribution in [0.2, 0.25) is 0 Å². The highest BCUT2D eigenvalue weighted by molar-refractivity contribution is 9.10. The van der Waals surface area contributed by atoms with Crippen LogP contribution < -0.4 is 11.1 Å². The molecule has 0 amide bonds. The van der Waals surface area contributed by atoms with Gasteiger partial charge in [-0.05, 0) is 112 Å². The largest absolute Gasteiger partial charge is 0.416 e. The third-order valence-electron chi connectivity index (χ3n) is 7.30. The lowest BCUT2D eigenvalue weighted by atomic mass is 9.88. The van der Waals surface area contributed by atoms with E-state index in [1.54, 1.807) is 6.07 Å². The number of hydrogen-bond donors (Lipinski definition) is 2. The van der Waals surface area contributed by atoms with Crippen LogP contribution >= 0.6 is 15.9 Å². The van der Waals surface area contributed by atoms with Gasteiger partial charge in [0.1, 0.15) is 0 Å². The number of hydrogen-bond acceptors (Lipinski definition) is 2. The summed E-state index contributed by atoms with van der Waals surface area (Å²) in [5, 5.41) is 3.19. The zero-order chi connectivity index (χ0) is 27.3. The molecular formula is C33H24BrF3N2. The minimum atomic E-state index is -4.41. The van der Waals surface area contributed by atoms with Crippen molar-refractivity contribution in [2.24, 2.45) is 0 Å². The Hall–Kier alpha value is -4.03. The van der Waals surface area contributed by atoms with E-state index in [1.807, 2.05) is 42.5 Å². The molecule has 0 heterocycles. The van der Waals surface area contributed by atoms with Crippen LogP contribution in [0.3, 0.4) is 0 Å². The molecule has 0 aliphatic heterocycles. The lowest BCUT2D eigenvalue weighted by Gasteiger charge is -2.19. The molecule has 0 fully saturated rings. The van der Waals surface area contributed by atoms with Crippen molar-refractivity contribution in [1.29, 1.82) is 0 Å². The zero-order valence-electron chi connectivity index (χ0n) is 21.0. The van der Waals surface area contributed by atoms with E-state index in [1.165, 1.54) is 33.9 Å². The van der Waals surface area contributed by atoms with Gasteiger partial charge >= 0.3 is 6.18 Å². The summed E-state index contributed by atoms with van der Waals surface area (Å²) >= 11 is 3.80. The molecule has 0 atom stereocenters. The Kier molecular flexibility index (Phi) is 6.23. The maximum absolute atomic E-state index is 13.3. The normalized spacial score (nSPS) is 12.2. The average molecular weight is 585 g/mol. The van der Waals surface area contributed by atoms with Crippen LogP contribution in [0.5, 0.6) is 0 Å². The molecule has 194 valence electrons. The first-order chi connectivity index (χ1) is 18.7. The predicted octanol–water partition coefficient (Wildman–Crippen LogP) is 10.0. The first-order valence-electron chi connectivity index (χ1n) is 12.5. The molecule has 3 N–H and O–H groups in total. The highest BCUT2D eigenvalue weighted by Gasteiger charge is 2.30. The molecule has 0 saturated heterocycles. The van der Waals surface area contributed by atoms with Gasteiger partial charge in [-0.15, -0.1) is 0 Å². The van der Waals surface area contributed by atoms with E-state index >= 15 is 0 Å². The first kappa shape index (κ1) is 25.3. The van der Waals surface area contributed by atoms with Crippen LogP contribution in [-0.2, 0) is 12.6 Å². The molecule has 6 heteroatoms. The number of nitrogens with one attached hydrogen (secondary N) is 1. The highest BCUT2D eigenvalue weighted by atomic mass is 79.9. The Bertz CT molecular complexity index is 1720. The number of nitrogens with two attached hydrogens (primary N) is 1. The smallest absolute Gasteiger partial charge is 0.399 e. The SMILES string of the molecule is Cc1c(Br)cc(-c2cc(Nc3cccc(C(F)(F)F)c3)ccc2-c2ccc(N)cc2)c2c1-c1ccccc1C2. The summed E-state index contributed by atoms with van der Waals surface area (Å²) in [6.45, 7) is 2.13. The van der Waals surface area contributed by atoms with Gasteiger partial charge in [0, 0.05) is 21.5 Å². The van der Waals surface area contributed by atoms with Crippen LogP contribution in [0.15, 0.2) is 102 Å². The Morgan fingerprint density at radius 2 is 1.49 bits per heavy atom. The van der Waals surface area contributed by atoms with E-state index in [-0.39, 0.29) is 0 Å². The number of fused-ring (bicyclic) bond motifs is 3. The molecule has 0 spiro atoms. The number of nitrogen functional groups attached to an aromatic ring is 1. The molecule has 1 aliphatic rings. The van der Waals surface area contributed by atoms with Crippen LogP contribution in [0.25, 0.3) is 33.4 Å². The van der Waals surface area contributed by atoms with Gasteiger partial charge in [0.15, 0.2) is 0 Å². The summed E-state index contributed by atoms with van der Waals surface area (Å²) in [7, 11) is 0. The Morgan fingerprint density at radius 1 is 0.744 bits per heavy atom. The van der Waals surface area contributed by atoms with Gasteiger partial charge < -0.3 is 11.1 Å². The van der Waals surface area contributed by atoms with Crippen molar-refractivity contribution in [2.75, 3.05) is 11.1 Å². The standard InChI is InChI=1S/C33H24BrF3N2/c1-19-31(34)18-29(30-15-21-5-2-3-8-27(21)32(19)30)28-17-25(13-14-26(28)20-9-11-23(38)12-10-20)39-24-7-4-6-22(16-24)33(35,36)37/h2-14,16-18,39H,15,38H2,1H3. The Balaban J connectivity index is 1.53. The molecule has 5 aromatic rings. The molecule has 0 radical (unpaired) electrons. The van der Waals surface area contributed by atoms with E-state index in [0.717, 1.165) is 45.3 Å². The van der Waals surface area contributed by atoms with Gasteiger partial charge in [0.2, 0.25) is 0 Å². The predicted molar refractivity (Wildman–Crippen MR) is 157 cm³/mol. The van der Waals surface area contributed by atoms with Gasteiger partial charge in [0.05, 0.1) is 5.56 Å². The zero-order valence-corrected chi connectivity index (χ0v) is 22.6. The summed E-state index contributed by atoms with van der Waals surface area (Å²) < 4.78 is 41.0. The van der Waals surface area contributed by atoms with Gasteiger partial charge in [-0.2, -0.15) is 13.2 Å². The van der Waals surface area contributed by atoms with Crippen molar-refractivity contribution in [3.8, 4) is 33.4 Å². The maximum atomic E-state index is 13.3. The second kappa shape index (κ2) is 9.62. The number of alkyl halides is 3. The molecule has 0 bridgehead atoms. The topological polar surface area (TPSA) is 38.0 Å². The second-order valence-electron chi connectivity index (χ2n) is 9.80. The molecule has 5 aromatic carbocycles. The minimum absolute atomic E-state index is 0.374. The second-order valence-corrected chi connectivity index (χ2v) is 10.7. The first-order valence-corrected chi connectivity index (χ1v) is 13.3. The average Bonchev–Trinajstić information content (AvgIpc) is 3.31. The van der Waals surface area contributed by atoms with Crippen molar-refractivity contribution in [3.05, 3.63) is 124 Å². The summed E-state index contributed by atoms with van der Waals surface area (Å²) in [6, 6.07) is 29.5. The molecule has 6 rings (SSSR count). The van der Waals surface area contributed by atoms with Gasteiger partial charge in [-0.25, -0.2) is 0 Å². The van der Waals surface area contributed by atoms with E-state index in [4.69, 9.17) is 5.73 Å². The molecule has 1 aliphatic carbocycles. The fourth-order valence-electron chi connectivity index (χ4n) is 5.40. The van der Waals surface area contributed by atoms with Crippen molar-refractivity contribution in [2.45, 2.75) is 19.5 Å². The van der Waals surface area contributed by atoms with Gasteiger partial charge in [-0.3, -0.25) is 0 Å². The van der Waals surface area contributed by atoms with Crippen LogP contribution in [0, 0.1) is 6.92 Å². The van der Waals surface area contributed by atoms with Crippen LogP contribution in [0.4, 0.5) is 30.2 Å². The monoisotopic (exact) mass is 584 g/mol. The van der Waals surface area contributed by atoms with Crippen LogP contribution in [0.1, 0.15) is 22.3 Å². The number of benzene rings is 5. The number of rotatable bonds is 4. The van der Waals surface area contributed by atoms with E-state index in [9.17, 15) is 13.2 Å². The summed E-state index contributed by atoms with van der Waals surface area (Å²) in [6.07, 6.45) is -3.60. The lowest BCUT2D eigenvalue weighted by Crippen LogP contribution is -2.05. The Morgan fingerprint density at radius 3 is 2.26 bits per heavy atom. The van der Waals surface area contributed by atoms with Crippen molar-refractivity contribution in [3.63, 3.8) is 0 Å². The fraction of sp³-hybridized carbons (Fsp3) is 0.0909. The summed E-state index contributed by atoms with van der Waals surface area (Å²) in [5.74, 6) is 0. The van der Waals surface area contributed by atoms with E-state index in [2.05, 4.69) is 58.5 Å². The molecule has 0 aromatic heterocycles. The molecular weight excluding hydrogens is 561 g/mol. The quantitative estimate of drug-likeness (QED) is 0.202. The maximum Gasteiger partial charge on any atom is 0.416 e. The number of anilines is 3. The van der Waals surface area contributed by atoms with Crippen molar-refractivity contribution >= 4 is 33.0 Å². The van der Waals surface area contributed by atoms with Gasteiger partial charge in [0.25, 0.3) is 0 Å². The van der Waals surface area contributed by atoms with Crippen molar-refractivity contribution < 1.29 is 13.2 Å². The summed E-state index contributed by atoms with van der Waals surface area (Å²) in [4.78, 5) is 0. The third-order valence-corrected chi connectivity index (χ3v) is 8.12. The van der Waals surface area contributed by atoms with Crippen molar-refractivity contribution in [1.82, 2.24) is 0 Å². The fourth-order valence-corrected chi connectivity index (χ4v) is 5.83. The van der Waals surface area contributed by atoms with E-state index < -0.39 is 11.7 Å². The summed E-state index contributed by atoms with van der Waals surface area (Å²) in [5.41, 5.74) is 17.3. The molecule has 0 saturated carbocycles. The minimum Gasteiger partial charge on any atom is -0.399 e.